The van der Waals surface area contributed by atoms with E-state index in [9.17, 15) is 14.0 Å². The number of para-hydroxylation sites is 1. The van der Waals surface area contributed by atoms with Gasteiger partial charge in [0.1, 0.15) is 11.9 Å². The summed E-state index contributed by atoms with van der Waals surface area (Å²) in [4.78, 5) is 31.9. The molecule has 2 heterocycles. The van der Waals surface area contributed by atoms with Crippen LogP contribution in [0.25, 0.3) is 10.9 Å². The fourth-order valence-corrected chi connectivity index (χ4v) is 2.86. The van der Waals surface area contributed by atoms with Gasteiger partial charge in [-0.05, 0) is 24.1 Å². The van der Waals surface area contributed by atoms with Gasteiger partial charge in [-0.2, -0.15) is 0 Å². The third-order valence-electron chi connectivity index (χ3n) is 4.36. The fourth-order valence-electron chi connectivity index (χ4n) is 2.86. The van der Waals surface area contributed by atoms with Gasteiger partial charge >= 0.3 is 0 Å². The number of amides is 2. The smallest absolute Gasteiger partial charge is 0.252 e. The summed E-state index contributed by atoms with van der Waals surface area (Å²) < 4.78 is 14.5. The molecule has 3 rings (SSSR count). The minimum Gasteiger partial charge on any atom is -0.368 e. The lowest BCUT2D eigenvalue weighted by Gasteiger charge is -2.21. The number of aromatic nitrogens is 2. The topological polar surface area (TPSA) is 136 Å². The zero-order valence-corrected chi connectivity index (χ0v) is 15.9. The van der Waals surface area contributed by atoms with Crippen LogP contribution in [0.2, 0.25) is 0 Å². The minimum absolute atomic E-state index is 0.0328. The predicted octanol–water partition coefficient (Wildman–Crippen LogP) is 2.53. The van der Waals surface area contributed by atoms with Gasteiger partial charge in [-0.25, -0.2) is 9.37 Å². The SMILES string of the molecule is CC(C)C(Nc1nc(Nc2cnc3ccccc3c2)c(C(N)=O)cc1F)C(N)=O. The molecule has 1 atom stereocenters. The number of carbonyl (C=O) groups is 2. The number of carbonyl (C=O) groups excluding carboxylic acids is 2. The highest BCUT2D eigenvalue weighted by Crippen LogP contribution is 2.26. The molecule has 0 saturated heterocycles. The molecule has 2 aromatic heterocycles. The van der Waals surface area contributed by atoms with Crippen LogP contribution in [-0.4, -0.2) is 27.8 Å². The molecule has 0 bridgehead atoms. The summed E-state index contributed by atoms with van der Waals surface area (Å²) in [5, 5.41) is 6.52. The number of benzene rings is 1. The van der Waals surface area contributed by atoms with Crippen molar-refractivity contribution in [2.24, 2.45) is 17.4 Å². The van der Waals surface area contributed by atoms with Crippen molar-refractivity contribution in [3.8, 4) is 0 Å². The maximum atomic E-state index is 14.5. The van der Waals surface area contributed by atoms with E-state index in [2.05, 4.69) is 20.6 Å². The maximum absolute atomic E-state index is 14.5. The molecule has 1 unspecified atom stereocenters. The van der Waals surface area contributed by atoms with E-state index in [0.717, 1.165) is 17.0 Å². The number of hydrogen-bond donors (Lipinski definition) is 4. The molecule has 3 aromatic rings. The number of anilines is 3. The van der Waals surface area contributed by atoms with E-state index in [1.165, 1.54) is 0 Å². The first-order valence-electron chi connectivity index (χ1n) is 8.94. The lowest BCUT2D eigenvalue weighted by molar-refractivity contribution is -0.119. The Hall–Kier alpha value is -3.75. The van der Waals surface area contributed by atoms with Gasteiger partial charge in [0.25, 0.3) is 5.91 Å². The summed E-state index contributed by atoms with van der Waals surface area (Å²) in [6.07, 6.45) is 1.56. The molecule has 2 amide bonds. The number of nitrogens with one attached hydrogen (secondary N) is 2. The van der Waals surface area contributed by atoms with Gasteiger partial charge in [0.05, 0.1) is 23.0 Å². The third kappa shape index (κ3) is 4.40. The summed E-state index contributed by atoms with van der Waals surface area (Å²) in [7, 11) is 0. The van der Waals surface area contributed by atoms with Gasteiger partial charge < -0.3 is 22.1 Å². The van der Waals surface area contributed by atoms with Crippen molar-refractivity contribution in [2.75, 3.05) is 10.6 Å². The molecule has 0 radical (unpaired) electrons. The first-order chi connectivity index (χ1) is 13.8. The van der Waals surface area contributed by atoms with Crippen molar-refractivity contribution in [2.45, 2.75) is 19.9 Å². The van der Waals surface area contributed by atoms with Crippen LogP contribution in [0, 0.1) is 11.7 Å². The highest BCUT2D eigenvalue weighted by Gasteiger charge is 2.23. The first kappa shape index (κ1) is 20.0. The maximum Gasteiger partial charge on any atom is 0.252 e. The van der Waals surface area contributed by atoms with Gasteiger partial charge in [0, 0.05) is 5.39 Å². The Morgan fingerprint density at radius 1 is 1.10 bits per heavy atom. The Kier molecular flexibility index (Phi) is 5.58. The molecule has 8 nitrogen and oxygen atoms in total. The zero-order chi connectivity index (χ0) is 21.1. The van der Waals surface area contributed by atoms with Crippen LogP contribution in [0.1, 0.15) is 24.2 Å². The highest BCUT2D eigenvalue weighted by atomic mass is 19.1. The van der Waals surface area contributed by atoms with Gasteiger partial charge in [0.2, 0.25) is 5.91 Å². The molecule has 0 aliphatic rings. The number of halogens is 1. The second-order valence-corrected chi connectivity index (χ2v) is 6.89. The van der Waals surface area contributed by atoms with Gasteiger partial charge in [-0.15, -0.1) is 0 Å². The number of pyridine rings is 2. The van der Waals surface area contributed by atoms with Crippen molar-refractivity contribution in [1.29, 1.82) is 0 Å². The van der Waals surface area contributed by atoms with E-state index < -0.39 is 23.7 Å². The molecule has 0 saturated carbocycles. The van der Waals surface area contributed by atoms with Gasteiger partial charge in [-0.3, -0.25) is 14.6 Å². The largest absolute Gasteiger partial charge is 0.368 e. The van der Waals surface area contributed by atoms with E-state index in [1.54, 1.807) is 20.0 Å². The number of nitrogens with two attached hydrogens (primary N) is 2. The van der Waals surface area contributed by atoms with Crippen molar-refractivity contribution in [3.05, 3.63) is 54.0 Å². The molecule has 0 spiro atoms. The average molecular weight is 396 g/mol. The highest BCUT2D eigenvalue weighted by molar-refractivity contribution is 5.99. The molecule has 0 aliphatic heterocycles. The molecular weight excluding hydrogens is 375 g/mol. The van der Waals surface area contributed by atoms with Crippen LogP contribution >= 0.6 is 0 Å². The van der Waals surface area contributed by atoms with Crippen LogP contribution in [0.4, 0.5) is 21.7 Å². The Labute approximate surface area is 166 Å². The minimum atomic E-state index is -0.852. The molecule has 0 aliphatic carbocycles. The molecule has 29 heavy (non-hydrogen) atoms. The van der Waals surface area contributed by atoms with E-state index in [4.69, 9.17) is 11.5 Å². The lowest BCUT2D eigenvalue weighted by atomic mass is 10.0. The van der Waals surface area contributed by atoms with Crippen LogP contribution in [0.3, 0.4) is 0 Å². The van der Waals surface area contributed by atoms with E-state index >= 15 is 0 Å². The number of hydrogen-bond acceptors (Lipinski definition) is 6. The normalized spacial score (nSPS) is 12.0. The molecule has 1 aromatic carbocycles. The Balaban J connectivity index is 2.01. The van der Waals surface area contributed by atoms with Crippen molar-refractivity contribution in [3.63, 3.8) is 0 Å². The quantitative estimate of drug-likeness (QED) is 0.484. The van der Waals surface area contributed by atoms with E-state index in [-0.39, 0.29) is 23.1 Å². The van der Waals surface area contributed by atoms with Gasteiger partial charge in [-0.1, -0.05) is 32.0 Å². The van der Waals surface area contributed by atoms with Crippen molar-refractivity contribution >= 4 is 40.0 Å². The number of fused-ring (bicyclic) bond motifs is 1. The number of primary amides is 2. The van der Waals surface area contributed by atoms with Gasteiger partial charge in [0.15, 0.2) is 11.6 Å². The molecule has 0 fully saturated rings. The van der Waals surface area contributed by atoms with Crippen LogP contribution in [0.5, 0.6) is 0 Å². The van der Waals surface area contributed by atoms with Crippen molar-refractivity contribution in [1.82, 2.24) is 9.97 Å². The lowest BCUT2D eigenvalue weighted by Crippen LogP contribution is -2.40. The second-order valence-electron chi connectivity index (χ2n) is 6.89. The standard InChI is InChI=1S/C20H21FN6O2/c1-10(2)16(18(23)29)26-20-14(21)8-13(17(22)28)19(27-20)25-12-7-11-5-3-4-6-15(11)24-9-12/h3-10,16H,1-2H3,(H2,22,28)(H2,23,29)(H2,25,26,27). The Morgan fingerprint density at radius 2 is 1.83 bits per heavy atom. The summed E-state index contributed by atoms with van der Waals surface area (Å²) in [5.41, 5.74) is 11.9. The predicted molar refractivity (Wildman–Crippen MR) is 109 cm³/mol. The van der Waals surface area contributed by atoms with E-state index in [0.29, 0.717) is 5.69 Å². The summed E-state index contributed by atoms with van der Waals surface area (Å²) in [6.45, 7) is 3.52. The molecule has 9 heteroatoms. The van der Waals surface area contributed by atoms with Crippen LogP contribution < -0.4 is 22.1 Å². The van der Waals surface area contributed by atoms with Crippen molar-refractivity contribution < 1.29 is 14.0 Å². The summed E-state index contributed by atoms with van der Waals surface area (Å²) in [5.74, 6) is -2.71. The second kappa shape index (κ2) is 8.09. The summed E-state index contributed by atoms with van der Waals surface area (Å²) in [6, 6.07) is 9.42. The van der Waals surface area contributed by atoms with Crippen LogP contribution in [-0.2, 0) is 4.79 Å². The number of rotatable bonds is 7. The van der Waals surface area contributed by atoms with E-state index in [1.807, 2.05) is 30.3 Å². The molecule has 6 N–H and O–H groups in total. The molecular formula is C20H21FN6O2. The third-order valence-corrected chi connectivity index (χ3v) is 4.36. The monoisotopic (exact) mass is 396 g/mol. The zero-order valence-electron chi connectivity index (χ0n) is 15.9. The molecule has 150 valence electrons. The summed E-state index contributed by atoms with van der Waals surface area (Å²) >= 11 is 0. The first-order valence-corrected chi connectivity index (χ1v) is 8.94. The fraction of sp³-hybridized carbons (Fsp3) is 0.200. The van der Waals surface area contributed by atoms with Crippen LogP contribution in [0.15, 0.2) is 42.6 Å². The Bertz CT molecular complexity index is 1090. The average Bonchev–Trinajstić information content (AvgIpc) is 2.67. The Morgan fingerprint density at radius 3 is 2.48 bits per heavy atom. The number of nitrogens with zero attached hydrogens (tertiary/aromatic N) is 2.